The summed E-state index contributed by atoms with van der Waals surface area (Å²) in [4.78, 5) is 30.1. The van der Waals surface area contributed by atoms with Crippen molar-refractivity contribution < 1.29 is 45.7 Å². The van der Waals surface area contributed by atoms with Crippen molar-refractivity contribution in [2.75, 3.05) is 7.05 Å². The third-order valence-corrected chi connectivity index (χ3v) is 8.78. The van der Waals surface area contributed by atoms with Crippen molar-refractivity contribution in [3.8, 4) is 16.9 Å². The summed E-state index contributed by atoms with van der Waals surface area (Å²) in [7, 11) is -3.38. The molecule has 0 fully saturated rings. The first-order valence-electron chi connectivity index (χ1n) is 15.5. The van der Waals surface area contributed by atoms with Crippen molar-refractivity contribution >= 4 is 21.9 Å². The van der Waals surface area contributed by atoms with E-state index in [0.717, 1.165) is 33.5 Å². The first-order valence-corrected chi connectivity index (χ1v) is 17.0. The third kappa shape index (κ3) is 9.84. The number of alkyl halides is 3. The molecular weight excluding hydrogens is 693 g/mol. The molecular formula is C34H37F3N6O7S. The second-order valence-electron chi connectivity index (χ2n) is 12.6. The fourth-order valence-corrected chi connectivity index (χ4v) is 5.55. The largest absolute Gasteiger partial charge is 0.569 e. The number of hydrazine groups is 1. The molecule has 2 atom stereocenters. The van der Waals surface area contributed by atoms with Crippen LogP contribution in [-0.4, -0.2) is 59.4 Å². The van der Waals surface area contributed by atoms with Gasteiger partial charge >= 0.3 is 12.1 Å². The van der Waals surface area contributed by atoms with Crippen molar-refractivity contribution in [1.82, 2.24) is 19.5 Å². The highest BCUT2D eigenvalue weighted by atomic mass is 32.2. The standard InChI is InChI=1S/C34H37F3N6O7S/c1-22-12-14-25(15-13-22)28-21-30(34(35,36)37)38-42(28)26-16-18-27(19-17-26)51(47,48)39-31(44)29(20-24-10-8-7-9-11-24)41(6)43(46)40-50-23(2)49-32(45)33(3,4)5/h7-19,21,23,29H,20H2,1-6H3,(H,39,44)/t23?,29-/m0/s1. The summed E-state index contributed by atoms with van der Waals surface area (Å²) in [6.45, 7) is 8.03. The molecule has 1 aromatic heterocycles. The minimum atomic E-state index is -4.74. The summed E-state index contributed by atoms with van der Waals surface area (Å²) < 4.78 is 75.8. The number of aromatic nitrogens is 2. The maximum absolute atomic E-state index is 13.6. The Morgan fingerprint density at radius 3 is 2.20 bits per heavy atom. The Kier molecular flexibility index (Phi) is 11.4. The van der Waals surface area contributed by atoms with E-state index in [-0.39, 0.29) is 27.7 Å². The normalized spacial score (nSPS) is 13.6. The van der Waals surface area contributed by atoms with E-state index in [1.165, 1.54) is 26.1 Å². The van der Waals surface area contributed by atoms with Gasteiger partial charge in [0.1, 0.15) is 0 Å². The molecule has 1 unspecified atom stereocenters. The maximum Gasteiger partial charge on any atom is 0.435 e. The van der Waals surface area contributed by atoms with E-state index in [2.05, 4.69) is 10.4 Å². The molecule has 0 aliphatic heterocycles. The predicted molar refractivity (Wildman–Crippen MR) is 178 cm³/mol. The summed E-state index contributed by atoms with van der Waals surface area (Å²) in [6.07, 6.45) is -6.14. The fourth-order valence-electron chi connectivity index (χ4n) is 4.54. The van der Waals surface area contributed by atoms with Gasteiger partial charge in [-0.2, -0.15) is 18.3 Å². The van der Waals surface area contributed by atoms with Gasteiger partial charge in [-0.15, -0.1) is 5.01 Å². The number of nitrogens with one attached hydrogen (secondary N) is 1. The van der Waals surface area contributed by atoms with Gasteiger partial charge in [-0.25, -0.2) is 17.8 Å². The second kappa shape index (κ2) is 15.2. The van der Waals surface area contributed by atoms with Crippen LogP contribution in [0.15, 0.2) is 95.1 Å². The summed E-state index contributed by atoms with van der Waals surface area (Å²) >= 11 is 0. The molecule has 17 heteroatoms. The molecule has 1 N–H and O–H groups in total. The number of hydrogen-bond donors (Lipinski definition) is 1. The molecule has 0 saturated carbocycles. The van der Waals surface area contributed by atoms with E-state index in [4.69, 9.17) is 9.57 Å². The lowest BCUT2D eigenvalue weighted by Crippen LogP contribution is -2.50. The second-order valence-corrected chi connectivity index (χ2v) is 14.3. The highest BCUT2D eigenvalue weighted by molar-refractivity contribution is 7.90. The topological polar surface area (TPSA) is 158 Å². The SMILES string of the molecule is Cc1ccc(-c2cc(C(F)(F)F)nn2-c2ccc(S(=O)(=O)NC(=O)[C@H](Cc3ccccc3)N(C)[N+]([O-])=NOC(C)OC(=O)C(C)(C)C)cc2)cc1. The van der Waals surface area contributed by atoms with Crippen LogP contribution in [-0.2, 0) is 41.8 Å². The summed E-state index contributed by atoms with van der Waals surface area (Å²) in [6, 6.07) is 19.4. The van der Waals surface area contributed by atoms with Crippen LogP contribution in [0.2, 0.25) is 0 Å². The highest BCUT2D eigenvalue weighted by Crippen LogP contribution is 2.33. The summed E-state index contributed by atoms with van der Waals surface area (Å²) in [5, 5.41) is 20.8. The summed E-state index contributed by atoms with van der Waals surface area (Å²) in [5.74, 6) is -1.71. The predicted octanol–water partition coefficient (Wildman–Crippen LogP) is 5.96. The Bertz CT molecular complexity index is 1980. The first kappa shape index (κ1) is 38.4. The number of sulfonamides is 1. The van der Waals surface area contributed by atoms with Gasteiger partial charge in [0.15, 0.2) is 11.7 Å². The van der Waals surface area contributed by atoms with E-state index in [1.807, 2.05) is 11.6 Å². The molecule has 3 aromatic carbocycles. The van der Waals surface area contributed by atoms with Gasteiger partial charge in [0, 0.05) is 18.9 Å². The molecule has 0 bridgehead atoms. The Morgan fingerprint density at radius 1 is 1.02 bits per heavy atom. The molecule has 0 aliphatic carbocycles. The number of halogens is 3. The molecule has 0 saturated heterocycles. The first-order chi connectivity index (χ1) is 23.8. The van der Waals surface area contributed by atoms with Crippen LogP contribution in [0, 0.1) is 17.5 Å². The van der Waals surface area contributed by atoms with Crippen LogP contribution in [0.1, 0.15) is 44.5 Å². The van der Waals surface area contributed by atoms with E-state index >= 15 is 0 Å². The molecule has 272 valence electrons. The Balaban J connectivity index is 1.58. The molecule has 4 rings (SSSR count). The lowest BCUT2D eigenvalue weighted by molar-refractivity contribution is -0.712. The molecule has 0 aliphatic rings. The number of hydrogen-bond acceptors (Lipinski definition) is 9. The van der Waals surface area contributed by atoms with Crippen LogP contribution < -0.4 is 4.72 Å². The molecule has 1 amide bonds. The average molecular weight is 731 g/mol. The number of likely N-dealkylation sites (N-methyl/N-ethyl adjacent to an activating group) is 1. The van der Waals surface area contributed by atoms with Crippen LogP contribution >= 0.6 is 0 Å². The van der Waals surface area contributed by atoms with Crippen molar-refractivity contribution in [2.45, 2.75) is 64.4 Å². The molecule has 51 heavy (non-hydrogen) atoms. The number of esters is 1. The van der Waals surface area contributed by atoms with Gasteiger partial charge in [0.25, 0.3) is 22.2 Å². The number of amides is 1. The number of rotatable bonds is 12. The van der Waals surface area contributed by atoms with Gasteiger partial charge < -0.3 is 9.94 Å². The van der Waals surface area contributed by atoms with Crippen LogP contribution in [0.4, 0.5) is 13.2 Å². The maximum atomic E-state index is 13.6. The zero-order valence-electron chi connectivity index (χ0n) is 28.6. The molecule has 0 radical (unpaired) electrons. The van der Waals surface area contributed by atoms with Gasteiger partial charge in [0.2, 0.25) is 5.28 Å². The van der Waals surface area contributed by atoms with Crippen molar-refractivity contribution in [2.24, 2.45) is 10.7 Å². The fraction of sp³-hybridized carbons (Fsp3) is 0.324. The van der Waals surface area contributed by atoms with Gasteiger partial charge in [-0.1, -0.05) is 60.2 Å². The molecule has 4 aromatic rings. The van der Waals surface area contributed by atoms with Gasteiger partial charge in [-0.3, -0.25) is 14.4 Å². The van der Waals surface area contributed by atoms with Crippen molar-refractivity contribution in [3.63, 3.8) is 0 Å². The van der Waals surface area contributed by atoms with Crippen LogP contribution in [0.5, 0.6) is 0 Å². The number of carbonyl (C=O) groups excluding carboxylic acids is 2. The highest BCUT2D eigenvalue weighted by Gasteiger charge is 2.36. The van der Waals surface area contributed by atoms with E-state index in [0.29, 0.717) is 11.1 Å². The van der Waals surface area contributed by atoms with E-state index in [9.17, 15) is 36.4 Å². The number of carbonyl (C=O) groups is 2. The molecule has 0 spiro atoms. The van der Waals surface area contributed by atoms with Crippen LogP contribution in [0.25, 0.3) is 16.9 Å². The Labute approximate surface area is 292 Å². The minimum Gasteiger partial charge on any atom is -0.569 e. The lowest BCUT2D eigenvalue weighted by atomic mass is 9.97. The summed E-state index contributed by atoms with van der Waals surface area (Å²) in [5.41, 5.74) is 0.182. The third-order valence-electron chi connectivity index (χ3n) is 7.42. The van der Waals surface area contributed by atoms with E-state index in [1.54, 1.807) is 75.4 Å². The quantitative estimate of drug-likeness (QED) is 0.0611. The number of aryl methyl sites for hydroxylation is 1. The number of nitrogens with zero attached hydrogens (tertiary/aromatic N) is 5. The minimum absolute atomic E-state index is 0.0824. The van der Waals surface area contributed by atoms with Gasteiger partial charge in [-0.05, 0) is 63.6 Å². The zero-order chi connectivity index (χ0) is 37.7. The smallest absolute Gasteiger partial charge is 0.435 e. The molecule has 13 nitrogen and oxygen atoms in total. The number of benzene rings is 3. The number of ether oxygens (including phenoxy) is 1. The van der Waals surface area contributed by atoms with Gasteiger partial charge in [0.05, 0.1) is 33.7 Å². The lowest BCUT2D eigenvalue weighted by Gasteiger charge is -2.24. The monoisotopic (exact) mass is 730 g/mol. The Morgan fingerprint density at radius 2 is 1.63 bits per heavy atom. The van der Waals surface area contributed by atoms with Crippen LogP contribution in [0.3, 0.4) is 0 Å². The zero-order valence-corrected chi connectivity index (χ0v) is 29.4. The van der Waals surface area contributed by atoms with Crippen molar-refractivity contribution in [1.29, 1.82) is 0 Å². The van der Waals surface area contributed by atoms with E-state index < -0.39 is 51.5 Å². The van der Waals surface area contributed by atoms with Crippen molar-refractivity contribution in [3.05, 3.63) is 107 Å². The average Bonchev–Trinajstić information content (AvgIpc) is 3.52. The molecule has 1 heterocycles. The Hall–Kier alpha value is -5.45.